The summed E-state index contributed by atoms with van der Waals surface area (Å²) >= 11 is 0. The molecule has 8 nitrogen and oxygen atoms in total. The second-order valence-corrected chi connectivity index (χ2v) is 6.71. The van der Waals surface area contributed by atoms with Gasteiger partial charge < -0.3 is 16.6 Å². The van der Waals surface area contributed by atoms with E-state index in [4.69, 9.17) is 11.5 Å². The Kier molecular flexibility index (Phi) is 4.03. The normalized spacial score (nSPS) is 12.0. The first-order chi connectivity index (χ1) is 11.8. The number of nitrogens with zero attached hydrogens (tertiary/aromatic N) is 2. The largest absolute Gasteiger partial charge is 0.505 e. The molecule has 0 bridgehead atoms. The molecule has 0 aliphatic heterocycles. The van der Waals surface area contributed by atoms with Crippen molar-refractivity contribution in [2.24, 2.45) is 10.2 Å². The summed E-state index contributed by atoms with van der Waals surface area (Å²) < 4.78 is 32.8. The van der Waals surface area contributed by atoms with Crippen molar-refractivity contribution < 1.29 is 18.1 Å². The van der Waals surface area contributed by atoms with Crippen LogP contribution < -0.4 is 11.5 Å². The van der Waals surface area contributed by atoms with Gasteiger partial charge in [-0.3, -0.25) is 4.55 Å². The number of rotatable bonds is 3. The third-order valence-corrected chi connectivity index (χ3v) is 4.38. The first-order valence-electron chi connectivity index (χ1n) is 7.05. The van der Waals surface area contributed by atoms with Crippen LogP contribution in [0.5, 0.6) is 5.75 Å². The molecule has 0 saturated heterocycles. The topological polar surface area (TPSA) is 151 Å². The van der Waals surface area contributed by atoms with Gasteiger partial charge in [0.2, 0.25) is 0 Å². The fraction of sp³-hybridized carbons (Fsp3) is 0. The second-order valence-electron chi connectivity index (χ2n) is 5.32. The summed E-state index contributed by atoms with van der Waals surface area (Å²) in [6.45, 7) is 0. The van der Waals surface area contributed by atoms with Gasteiger partial charge in [-0.2, -0.15) is 13.5 Å². The first kappa shape index (κ1) is 16.7. The number of phenols is 1. The highest BCUT2D eigenvalue weighted by Gasteiger charge is 2.22. The Bertz CT molecular complexity index is 1090. The Balaban J connectivity index is 2.24. The Hall–Kier alpha value is -3.17. The van der Waals surface area contributed by atoms with Crippen molar-refractivity contribution in [2.75, 3.05) is 11.5 Å². The number of benzene rings is 3. The van der Waals surface area contributed by atoms with Gasteiger partial charge >= 0.3 is 0 Å². The minimum Gasteiger partial charge on any atom is -0.505 e. The number of phenolic OH excluding ortho intramolecular Hbond substituents is 1. The van der Waals surface area contributed by atoms with Crippen molar-refractivity contribution in [3.05, 3.63) is 48.5 Å². The number of hydrogen-bond acceptors (Lipinski definition) is 7. The van der Waals surface area contributed by atoms with Crippen LogP contribution in [0.3, 0.4) is 0 Å². The predicted molar refractivity (Wildman–Crippen MR) is 94.9 cm³/mol. The second kappa shape index (κ2) is 6.04. The van der Waals surface area contributed by atoms with Gasteiger partial charge in [-0.15, -0.1) is 5.11 Å². The molecular formula is C16H14N4O4S. The lowest BCUT2D eigenvalue weighted by molar-refractivity contribution is 0.472. The molecule has 0 aromatic heterocycles. The molecule has 6 N–H and O–H groups in total. The third-order valence-electron chi connectivity index (χ3n) is 3.51. The van der Waals surface area contributed by atoms with Crippen molar-refractivity contribution in [2.45, 2.75) is 4.90 Å². The summed E-state index contributed by atoms with van der Waals surface area (Å²) in [5.41, 5.74) is 12.2. The van der Waals surface area contributed by atoms with Gasteiger partial charge in [-0.1, -0.05) is 6.07 Å². The summed E-state index contributed by atoms with van der Waals surface area (Å²) in [5.74, 6) is -0.448. The maximum absolute atomic E-state index is 11.7. The van der Waals surface area contributed by atoms with E-state index in [-0.39, 0.29) is 5.69 Å². The minimum absolute atomic E-state index is 0.290. The molecule has 0 heterocycles. The molecule has 0 aliphatic rings. The number of anilines is 2. The zero-order valence-corrected chi connectivity index (χ0v) is 13.6. The molecule has 25 heavy (non-hydrogen) atoms. The van der Waals surface area contributed by atoms with E-state index in [0.717, 1.165) is 0 Å². The molecule has 0 saturated carbocycles. The van der Waals surface area contributed by atoms with Gasteiger partial charge in [0, 0.05) is 16.8 Å². The van der Waals surface area contributed by atoms with E-state index in [2.05, 4.69) is 10.2 Å². The van der Waals surface area contributed by atoms with Crippen molar-refractivity contribution in [3.8, 4) is 5.75 Å². The molecule has 0 aliphatic carbocycles. The molecule has 9 heteroatoms. The van der Waals surface area contributed by atoms with E-state index >= 15 is 0 Å². The Morgan fingerprint density at radius 3 is 2.16 bits per heavy atom. The highest BCUT2D eigenvalue weighted by Crippen LogP contribution is 2.41. The van der Waals surface area contributed by atoms with Gasteiger partial charge in [0.05, 0.1) is 5.69 Å². The van der Waals surface area contributed by atoms with Crippen LogP contribution in [0.2, 0.25) is 0 Å². The van der Waals surface area contributed by atoms with Crippen LogP contribution >= 0.6 is 0 Å². The molecule has 0 atom stereocenters. The van der Waals surface area contributed by atoms with Crippen molar-refractivity contribution >= 4 is 43.6 Å². The number of aromatic hydroxyl groups is 1. The molecule has 3 aromatic carbocycles. The molecule has 0 unspecified atom stereocenters. The van der Waals surface area contributed by atoms with Gasteiger partial charge in [0.15, 0.2) is 5.75 Å². The lowest BCUT2D eigenvalue weighted by Crippen LogP contribution is -1.99. The Morgan fingerprint density at radius 1 is 0.880 bits per heavy atom. The fourth-order valence-corrected chi connectivity index (χ4v) is 2.96. The molecule has 0 spiro atoms. The number of nitrogen functional groups attached to an aromatic ring is 2. The van der Waals surface area contributed by atoms with Crippen molar-refractivity contribution in [3.63, 3.8) is 0 Å². The van der Waals surface area contributed by atoms with Crippen molar-refractivity contribution in [1.82, 2.24) is 0 Å². The van der Waals surface area contributed by atoms with Crippen LogP contribution in [-0.2, 0) is 10.1 Å². The quantitative estimate of drug-likeness (QED) is 0.320. The fourth-order valence-electron chi connectivity index (χ4n) is 2.30. The molecule has 3 aromatic rings. The van der Waals surface area contributed by atoms with Crippen LogP contribution in [0.1, 0.15) is 0 Å². The van der Waals surface area contributed by atoms with Crippen LogP contribution in [0.25, 0.3) is 10.8 Å². The number of nitrogens with two attached hydrogens (primary N) is 2. The van der Waals surface area contributed by atoms with E-state index in [1.54, 1.807) is 30.3 Å². The maximum atomic E-state index is 11.7. The number of azo groups is 1. The standard InChI is InChI=1S/C16H14N4O4S/c17-10-3-5-12(6-4-10)19-20-15-14(25(22,23)24)7-9-1-2-11(18)8-13(9)16(15)21/h1-8,21H,17-18H2,(H,22,23,24). The average molecular weight is 358 g/mol. The zero-order valence-electron chi connectivity index (χ0n) is 12.8. The molecular weight excluding hydrogens is 344 g/mol. The lowest BCUT2D eigenvalue weighted by atomic mass is 10.1. The first-order valence-corrected chi connectivity index (χ1v) is 8.50. The summed E-state index contributed by atoms with van der Waals surface area (Å²) in [6.07, 6.45) is 0. The van der Waals surface area contributed by atoms with Crippen LogP contribution in [0.15, 0.2) is 63.7 Å². The van der Waals surface area contributed by atoms with Crippen LogP contribution in [-0.4, -0.2) is 18.1 Å². The smallest absolute Gasteiger partial charge is 0.296 e. The number of fused-ring (bicyclic) bond motifs is 1. The number of hydrogen-bond donors (Lipinski definition) is 4. The van der Waals surface area contributed by atoms with E-state index in [9.17, 15) is 18.1 Å². The SMILES string of the molecule is Nc1ccc(N=Nc2c(S(=O)(=O)O)cc3ccc(N)cc3c2O)cc1. The van der Waals surface area contributed by atoms with E-state index in [1.165, 1.54) is 18.2 Å². The molecule has 0 fully saturated rings. The van der Waals surface area contributed by atoms with E-state index in [0.29, 0.717) is 27.8 Å². The zero-order chi connectivity index (χ0) is 18.2. The molecule has 0 radical (unpaired) electrons. The van der Waals surface area contributed by atoms with Gasteiger partial charge in [0.1, 0.15) is 10.6 Å². The van der Waals surface area contributed by atoms with Crippen molar-refractivity contribution in [1.29, 1.82) is 0 Å². The average Bonchev–Trinajstić information content (AvgIpc) is 2.55. The van der Waals surface area contributed by atoms with Gasteiger partial charge in [0.25, 0.3) is 10.1 Å². The highest BCUT2D eigenvalue weighted by molar-refractivity contribution is 7.86. The summed E-state index contributed by atoms with van der Waals surface area (Å²) in [6, 6.07) is 12.1. The monoisotopic (exact) mass is 358 g/mol. The highest BCUT2D eigenvalue weighted by atomic mass is 32.2. The van der Waals surface area contributed by atoms with E-state index < -0.39 is 20.8 Å². The predicted octanol–water partition coefficient (Wildman–Crippen LogP) is 3.37. The third kappa shape index (κ3) is 3.37. The summed E-state index contributed by atoms with van der Waals surface area (Å²) in [7, 11) is -4.63. The molecule has 128 valence electrons. The Morgan fingerprint density at radius 2 is 1.52 bits per heavy atom. The maximum Gasteiger partial charge on any atom is 0.296 e. The van der Waals surface area contributed by atoms with Gasteiger partial charge in [-0.25, -0.2) is 0 Å². The minimum atomic E-state index is -4.63. The summed E-state index contributed by atoms with van der Waals surface area (Å²) in [4.78, 5) is -0.554. The van der Waals surface area contributed by atoms with Gasteiger partial charge in [-0.05, 0) is 47.9 Å². The van der Waals surface area contributed by atoms with E-state index in [1.807, 2.05) is 0 Å². The Labute approximate surface area is 143 Å². The molecule has 0 amide bonds. The van der Waals surface area contributed by atoms with Crippen LogP contribution in [0.4, 0.5) is 22.7 Å². The molecule has 3 rings (SSSR count). The lowest BCUT2D eigenvalue weighted by Gasteiger charge is -2.09. The van der Waals surface area contributed by atoms with Crippen LogP contribution in [0, 0.1) is 0 Å². The summed E-state index contributed by atoms with van der Waals surface area (Å²) in [5, 5.41) is 18.8.